The summed E-state index contributed by atoms with van der Waals surface area (Å²) in [5.41, 5.74) is 6.01. The Bertz CT molecular complexity index is 110. The molecule has 0 aromatic heterocycles. The summed E-state index contributed by atoms with van der Waals surface area (Å²) in [5, 5.41) is 0. The molecule has 0 bridgehead atoms. The van der Waals surface area contributed by atoms with Crippen molar-refractivity contribution in [2.75, 3.05) is 13.2 Å². The van der Waals surface area contributed by atoms with Gasteiger partial charge in [0.1, 0.15) is 0 Å². The van der Waals surface area contributed by atoms with Crippen molar-refractivity contribution >= 4 is 0 Å². The summed E-state index contributed by atoms with van der Waals surface area (Å²) in [6.45, 7) is 3.56. The third-order valence-corrected chi connectivity index (χ3v) is 2.77. The lowest BCUT2D eigenvalue weighted by molar-refractivity contribution is 0.107. The molecule has 0 aromatic carbocycles. The molecule has 0 radical (unpaired) electrons. The van der Waals surface area contributed by atoms with Crippen LogP contribution in [-0.4, -0.2) is 19.3 Å². The van der Waals surface area contributed by atoms with Gasteiger partial charge in [0.15, 0.2) is 0 Å². The summed E-state index contributed by atoms with van der Waals surface area (Å²) in [6.07, 6.45) is 6.76. The zero-order valence-electron chi connectivity index (χ0n) is 8.09. The highest BCUT2D eigenvalue weighted by Crippen LogP contribution is 2.25. The standard InChI is InChI=1S/C10H21NO/c1-2-12-8-10(11)9-6-4-3-5-7-9/h9-10H,2-8,11H2,1H3. The van der Waals surface area contributed by atoms with E-state index in [1.54, 1.807) is 0 Å². The van der Waals surface area contributed by atoms with Crippen LogP contribution in [0.15, 0.2) is 0 Å². The van der Waals surface area contributed by atoms with Crippen LogP contribution in [0.1, 0.15) is 39.0 Å². The lowest BCUT2D eigenvalue weighted by Gasteiger charge is -2.27. The molecular weight excluding hydrogens is 150 g/mol. The second-order valence-electron chi connectivity index (χ2n) is 3.72. The first-order chi connectivity index (χ1) is 5.84. The van der Waals surface area contributed by atoms with Crippen LogP contribution in [0, 0.1) is 5.92 Å². The van der Waals surface area contributed by atoms with Gasteiger partial charge in [-0.15, -0.1) is 0 Å². The molecule has 0 amide bonds. The van der Waals surface area contributed by atoms with Gasteiger partial charge in [-0.25, -0.2) is 0 Å². The molecule has 2 heteroatoms. The molecule has 0 heterocycles. The van der Waals surface area contributed by atoms with Gasteiger partial charge in [-0.2, -0.15) is 0 Å². The van der Waals surface area contributed by atoms with Crippen LogP contribution in [0.2, 0.25) is 0 Å². The Labute approximate surface area is 75.5 Å². The van der Waals surface area contributed by atoms with Gasteiger partial charge in [0.2, 0.25) is 0 Å². The van der Waals surface area contributed by atoms with Crippen molar-refractivity contribution in [2.45, 2.75) is 45.1 Å². The number of ether oxygens (including phenoxy) is 1. The second kappa shape index (κ2) is 5.55. The minimum absolute atomic E-state index is 0.283. The Morgan fingerprint density at radius 2 is 2.00 bits per heavy atom. The molecule has 1 unspecified atom stereocenters. The van der Waals surface area contributed by atoms with Crippen LogP contribution in [0.3, 0.4) is 0 Å². The molecule has 72 valence electrons. The predicted molar refractivity (Wildman–Crippen MR) is 51.0 cm³/mol. The summed E-state index contributed by atoms with van der Waals surface area (Å²) in [6, 6.07) is 0.283. The third-order valence-electron chi connectivity index (χ3n) is 2.77. The highest BCUT2D eigenvalue weighted by atomic mass is 16.5. The number of hydrogen-bond donors (Lipinski definition) is 1. The summed E-state index contributed by atoms with van der Waals surface area (Å²) < 4.78 is 5.32. The fourth-order valence-corrected chi connectivity index (χ4v) is 1.95. The number of hydrogen-bond acceptors (Lipinski definition) is 2. The molecule has 1 atom stereocenters. The van der Waals surface area contributed by atoms with Crippen molar-refractivity contribution in [1.29, 1.82) is 0 Å². The van der Waals surface area contributed by atoms with Crippen LogP contribution in [-0.2, 0) is 4.74 Å². The Morgan fingerprint density at radius 1 is 1.33 bits per heavy atom. The summed E-state index contributed by atoms with van der Waals surface area (Å²) in [7, 11) is 0. The minimum atomic E-state index is 0.283. The maximum absolute atomic E-state index is 6.01. The molecular formula is C10H21NO. The van der Waals surface area contributed by atoms with Crippen molar-refractivity contribution in [1.82, 2.24) is 0 Å². The fraction of sp³-hybridized carbons (Fsp3) is 1.00. The quantitative estimate of drug-likeness (QED) is 0.701. The second-order valence-corrected chi connectivity index (χ2v) is 3.72. The Kier molecular flexibility index (Phi) is 4.62. The van der Waals surface area contributed by atoms with Gasteiger partial charge >= 0.3 is 0 Å². The first-order valence-corrected chi connectivity index (χ1v) is 5.18. The topological polar surface area (TPSA) is 35.2 Å². The van der Waals surface area contributed by atoms with E-state index in [1.807, 2.05) is 6.92 Å². The van der Waals surface area contributed by atoms with E-state index in [4.69, 9.17) is 10.5 Å². The van der Waals surface area contributed by atoms with E-state index in [0.717, 1.165) is 19.1 Å². The van der Waals surface area contributed by atoms with Crippen molar-refractivity contribution in [2.24, 2.45) is 11.7 Å². The molecule has 0 aromatic rings. The maximum atomic E-state index is 6.01. The average Bonchev–Trinajstić information content (AvgIpc) is 2.15. The molecule has 12 heavy (non-hydrogen) atoms. The van der Waals surface area contributed by atoms with Gasteiger partial charge in [0, 0.05) is 12.6 Å². The first kappa shape index (κ1) is 10.0. The van der Waals surface area contributed by atoms with E-state index >= 15 is 0 Å². The lowest BCUT2D eigenvalue weighted by Crippen LogP contribution is -2.35. The highest BCUT2D eigenvalue weighted by Gasteiger charge is 2.19. The van der Waals surface area contributed by atoms with Gasteiger partial charge in [-0.05, 0) is 25.7 Å². The van der Waals surface area contributed by atoms with E-state index in [2.05, 4.69) is 0 Å². The molecule has 1 rings (SSSR count). The van der Waals surface area contributed by atoms with E-state index in [-0.39, 0.29) is 6.04 Å². The van der Waals surface area contributed by atoms with Crippen LogP contribution in [0.4, 0.5) is 0 Å². The van der Waals surface area contributed by atoms with Crippen molar-refractivity contribution in [3.63, 3.8) is 0 Å². The largest absolute Gasteiger partial charge is 0.380 e. The van der Waals surface area contributed by atoms with Crippen LogP contribution >= 0.6 is 0 Å². The predicted octanol–water partition coefficient (Wildman–Crippen LogP) is 1.93. The molecule has 0 spiro atoms. The van der Waals surface area contributed by atoms with E-state index in [9.17, 15) is 0 Å². The third kappa shape index (κ3) is 3.11. The summed E-state index contributed by atoms with van der Waals surface area (Å²) in [4.78, 5) is 0. The Balaban J connectivity index is 2.15. The SMILES string of the molecule is CCOCC(N)C1CCCCC1. The molecule has 1 aliphatic rings. The summed E-state index contributed by atoms with van der Waals surface area (Å²) >= 11 is 0. The van der Waals surface area contributed by atoms with E-state index < -0.39 is 0 Å². The Morgan fingerprint density at radius 3 is 2.58 bits per heavy atom. The Hall–Kier alpha value is -0.0800. The van der Waals surface area contributed by atoms with Crippen LogP contribution in [0.25, 0.3) is 0 Å². The van der Waals surface area contributed by atoms with Gasteiger partial charge in [0.05, 0.1) is 6.61 Å². The van der Waals surface area contributed by atoms with Gasteiger partial charge in [-0.1, -0.05) is 19.3 Å². The van der Waals surface area contributed by atoms with Gasteiger partial charge < -0.3 is 10.5 Å². The smallest absolute Gasteiger partial charge is 0.0620 e. The molecule has 1 saturated carbocycles. The van der Waals surface area contributed by atoms with Crippen LogP contribution in [0.5, 0.6) is 0 Å². The van der Waals surface area contributed by atoms with Crippen molar-refractivity contribution in [3.8, 4) is 0 Å². The minimum Gasteiger partial charge on any atom is -0.380 e. The van der Waals surface area contributed by atoms with E-state index in [1.165, 1.54) is 32.1 Å². The molecule has 1 aliphatic carbocycles. The average molecular weight is 171 g/mol. The molecule has 0 saturated heterocycles. The molecule has 0 aliphatic heterocycles. The zero-order chi connectivity index (χ0) is 8.81. The van der Waals surface area contributed by atoms with Crippen molar-refractivity contribution < 1.29 is 4.74 Å². The molecule has 2 N–H and O–H groups in total. The van der Waals surface area contributed by atoms with E-state index in [0.29, 0.717) is 0 Å². The molecule has 2 nitrogen and oxygen atoms in total. The van der Waals surface area contributed by atoms with Crippen LogP contribution < -0.4 is 5.73 Å². The molecule has 1 fully saturated rings. The van der Waals surface area contributed by atoms with Gasteiger partial charge in [0.25, 0.3) is 0 Å². The lowest BCUT2D eigenvalue weighted by atomic mass is 9.84. The van der Waals surface area contributed by atoms with Gasteiger partial charge in [-0.3, -0.25) is 0 Å². The monoisotopic (exact) mass is 171 g/mol. The normalized spacial score (nSPS) is 22.5. The number of rotatable bonds is 4. The fourth-order valence-electron chi connectivity index (χ4n) is 1.95. The first-order valence-electron chi connectivity index (χ1n) is 5.18. The maximum Gasteiger partial charge on any atom is 0.0620 e. The summed E-state index contributed by atoms with van der Waals surface area (Å²) in [5.74, 6) is 0.727. The number of nitrogens with two attached hydrogens (primary N) is 1. The highest BCUT2D eigenvalue weighted by molar-refractivity contribution is 4.75. The zero-order valence-corrected chi connectivity index (χ0v) is 8.09. The van der Waals surface area contributed by atoms with Crippen molar-refractivity contribution in [3.05, 3.63) is 0 Å².